The van der Waals surface area contributed by atoms with E-state index in [2.05, 4.69) is 0 Å². The molecule has 0 saturated carbocycles. The molecule has 0 aromatic heterocycles. The molecule has 0 bridgehead atoms. The lowest BCUT2D eigenvalue weighted by Crippen LogP contribution is -2.27. The molecule has 0 aliphatic rings. The van der Waals surface area contributed by atoms with Gasteiger partial charge in [0.1, 0.15) is 11.4 Å². The number of aliphatic hydroxyl groups is 1. The van der Waals surface area contributed by atoms with Gasteiger partial charge in [-0.3, -0.25) is 0 Å². The minimum Gasteiger partial charge on any atom is -0.494 e. The largest absolute Gasteiger partial charge is 0.494 e. The summed E-state index contributed by atoms with van der Waals surface area (Å²) in [5.41, 5.74) is 0.556. The zero-order valence-corrected chi connectivity index (χ0v) is 12.3. The fourth-order valence-electron chi connectivity index (χ4n) is 2.32. The van der Waals surface area contributed by atoms with Crippen molar-refractivity contribution in [3.63, 3.8) is 0 Å². The first-order valence-corrected chi connectivity index (χ1v) is 7.31. The standard InChI is InChI=1S/C17H19ClO2/c1-2-20-16-10-6-9-15(13-16)17(19,11-12-18)14-7-4-3-5-8-14/h3-10,13,19H,2,11-12H2,1H3. The van der Waals surface area contributed by atoms with E-state index in [1.54, 1.807) is 0 Å². The van der Waals surface area contributed by atoms with Crippen LogP contribution in [-0.4, -0.2) is 17.6 Å². The topological polar surface area (TPSA) is 29.5 Å². The Hall–Kier alpha value is -1.51. The van der Waals surface area contributed by atoms with Crippen molar-refractivity contribution in [3.8, 4) is 5.75 Å². The Kier molecular flexibility index (Phi) is 5.05. The van der Waals surface area contributed by atoms with Gasteiger partial charge in [0.2, 0.25) is 0 Å². The first-order valence-electron chi connectivity index (χ1n) is 6.78. The van der Waals surface area contributed by atoms with Gasteiger partial charge in [0, 0.05) is 5.88 Å². The lowest BCUT2D eigenvalue weighted by atomic mass is 9.84. The Bertz CT molecular complexity index is 542. The molecule has 0 saturated heterocycles. The SMILES string of the molecule is CCOc1cccc(C(O)(CCCl)c2ccccc2)c1. The first-order chi connectivity index (χ1) is 9.70. The molecule has 1 atom stereocenters. The maximum absolute atomic E-state index is 11.1. The van der Waals surface area contributed by atoms with E-state index in [4.69, 9.17) is 16.3 Å². The highest BCUT2D eigenvalue weighted by molar-refractivity contribution is 6.17. The summed E-state index contributed by atoms with van der Waals surface area (Å²) < 4.78 is 5.51. The van der Waals surface area contributed by atoms with Crippen molar-refractivity contribution in [2.24, 2.45) is 0 Å². The Morgan fingerprint density at radius 1 is 1.05 bits per heavy atom. The number of hydrogen-bond donors (Lipinski definition) is 1. The molecule has 0 amide bonds. The number of hydrogen-bond acceptors (Lipinski definition) is 2. The predicted octanol–water partition coefficient (Wildman–Crippen LogP) is 3.95. The van der Waals surface area contributed by atoms with Gasteiger partial charge in [0.25, 0.3) is 0 Å². The summed E-state index contributed by atoms with van der Waals surface area (Å²) in [5, 5.41) is 11.1. The maximum atomic E-state index is 11.1. The molecule has 2 aromatic carbocycles. The highest BCUT2D eigenvalue weighted by atomic mass is 35.5. The molecule has 2 rings (SSSR count). The molecular weight excluding hydrogens is 272 g/mol. The van der Waals surface area contributed by atoms with Crippen LogP contribution >= 0.6 is 11.6 Å². The molecule has 1 unspecified atom stereocenters. The average molecular weight is 291 g/mol. The Labute approximate surface area is 125 Å². The van der Waals surface area contributed by atoms with E-state index in [-0.39, 0.29) is 0 Å². The fourth-order valence-corrected chi connectivity index (χ4v) is 2.59. The number of alkyl halides is 1. The zero-order chi connectivity index (χ0) is 14.4. The van der Waals surface area contributed by atoms with Crippen LogP contribution in [0.1, 0.15) is 24.5 Å². The summed E-state index contributed by atoms with van der Waals surface area (Å²) in [7, 11) is 0. The smallest absolute Gasteiger partial charge is 0.119 e. The highest BCUT2D eigenvalue weighted by Gasteiger charge is 2.31. The second-order valence-electron chi connectivity index (χ2n) is 4.63. The minimum atomic E-state index is -1.09. The Balaban J connectivity index is 2.45. The van der Waals surface area contributed by atoms with Crippen molar-refractivity contribution in [2.75, 3.05) is 12.5 Å². The molecule has 1 N–H and O–H groups in total. The second kappa shape index (κ2) is 6.78. The van der Waals surface area contributed by atoms with Crippen LogP contribution < -0.4 is 4.74 Å². The number of benzene rings is 2. The molecule has 0 radical (unpaired) electrons. The predicted molar refractivity (Wildman–Crippen MR) is 82.4 cm³/mol. The summed E-state index contributed by atoms with van der Waals surface area (Å²) in [6.07, 6.45) is 0.453. The molecule has 3 heteroatoms. The van der Waals surface area contributed by atoms with E-state index in [0.717, 1.165) is 16.9 Å². The van der Waals surface area contributed by atoms with E-state index >= 15 is 0 Å². The van der Waals surface area contributed by atoms with Gasteiger partial charge in [-0.15, -0.1) is 11.6 Å². The third kappa shape index (κ3) is 3.14. The van der Waals surface area contributed by atoms with Crippen molar-refractivity contribution in [1.82, 2.24) is 0 Å². The molecule has 2 aromatic rings. The van der Waals surface area contributed by atoms with Gasteiger partial charge in [0.05, 0.1) is 6.61 Å². The van der Waals surface area contributed by atoms with Gasteiger partial charge in [-0.2, -0.15) is 0 Å². The van der Waals surface area contributed by atoms with E-state index < -0.39 is 5.60 Å². The quantitative estimate of drug-likeness (QED) is 0.816. The third-order valence-electron chi connectivity index (χ3n) is 3.33. The van der Waals surface area contributed by atoms with Crippen LogP contribution in [0.2, 0.25) is 0 Å². The number of rotatable bonds is 6. The third-order valence-corrected chi connectivity index (χ3v) is 3.52. The monoisotopic (exact) mass is 290 g/mol. The molecule has 0 aliphatic heterocycles. The van der Waals surface area contributed by atoms with Crippen LogP contribution in [0.25, 0.3) is 0 Å². The highest BCUT2D eigenvalue weighted by Crippen LogP contribution is 2.34. The van der Waals surface area contributed by atoms with Gasteiger partial charge in [-0.25, -0.2) is 0 Å². The van der Waals surface area contributed by atoms with Crippen molar-refractivity contribution in [3.05, 3.63) is 65.7 Å². The summed E-state index contributed by atoms with van der Waals surface area (Å²) in [4.78, 5) is 0. The molecule has 0 aliphatic carbocycles. The van der Waals surface area contributed by atoms with Gasteiger partial charge in [-0.1, -0.05) is 42.5 Å². The van der Waals surface area contributed by atoms with Gasteiger partial charge < -0.3 is 9.84 Å². The Morgan fingerprint density at radius 2 is 1.75 bits per heavy atom. The van der Waals surface area contributed by atoms with E-state index in [0.29, 0.717) is 18.9 Å². The van der Waals surface area contributed by atoms with Gasteiger partial charge in [-0.05, 0) is 36.6 Å². The molecule has 0 fully saturated rings. The molecule has 106 valence electrons. The van der Waals surface area contributed by atoms with Crippen molar-refractivity contribution < 1.29 is 9.84 Å². The number of ether oxygens (including phenoxy) is 1. The average Bonchev–Trinajstić information content (AvgIpc) is 2.49. The van der Waals surface area contributed by atoms with Crippen LogP contribution in [-0.2, 0) is 5.60 Å². The van der Waals surface area contributed by atoms with Crippen LogP contribution in [0, 0.1) is 0 Å². The molecule has 2 nitrogen and oxygen atoms in total. The zero-order valence-electron chi connectivity index (χ0n) is 11.6. The van der Waals surface area contributed by atoms with Crippen LogP contribution in [0.3, 0.4) is 0 Å². The maximum Gasteiger partial charge on any atom is 0.119 e. The summed E-state index contributed by atoms with van der Waals surface area (Å²) in [5.74, 6) is 1.14. The molecule has 20 heavy (non-hydrogen) atoms. The lowest BCUT2D eigenvalue weighted by Gasteiger charge is -2.29. The molecule has 0 spiro atoms. The second-order valence-corrected chi connectivity index (χ2v) is 5.00. The lowest BCUT2D eigenvalue weighted by molar-refractivity contribution is 0.0772. The normalized spacial score (nSPS) is 13.8. The minimum absolute atomic E-state index is 0.379. The van der Waals surface area contributed by atoms with E-state index in [9.17, 15) is 5.11 Å². The van der Waals surface area contributed by atoms with Crippen molar-refractivity contribution in [1.29, 1.82) is 0 Å². The summed E-state index contributed by atoms with van der Waals surface area (Å²) >= 11 is 5.90. The molecule has 0 heterocycles. The Morgan fingerprint density at radius 3 is 2.40 bits per heavy atom. The van der Waals surface area contributed by atoms with E-state index in [1.165, 1.54) is 0 Å². The first kappa shape index (κ1) is 14.9. The number of halogens is 1. The van der Waals surface area contributed by atoms with Gasteiger partial charge >= 0.3 is 0 Å². The van der Waals surface area contributed by atoms with Gasteiger partial charge in [0.15, 0.2) is 0 Å². The van der Waals surface area contributed by atoms with Crippen LogP contribution in [0.4, 0.5) is 0 Å². The van der Waals surface area contributed by atoms with Crippen LogP contribution in [0.15, 0.2) is 54.6 Å². The van der Waals surface area contributed by atoms with Crippen LogP contribution in [0.5, 0.6) is 5.75 Å². The summed E-state index contributed by atoms with van der Waals surface area (Å²) in [6.45, 7) is 2.54. The van der Waals surface area contributed by atoms with Crippen molar-refractivity contribution in [2.45, 2.75) is 18.9 Å². The fraction of sp³-hybridized carbons (Fsp3) is 0.294. The van der Waals surface area contributed by atoms with Crippen molar-refractivity contribution >= 4 is 11.6 Å². The molecular formula is C17H19ClO2. The van der Waals surface area contributed by atoms with E-state index in [1.807, 2.05) is 61.5 Å². The summed E-state index contributed by atoms with van der Waals surface area (Å²) in [6, 6.07) is 17.2.